The standard InChI is InChI=1S/C17H36OSi2/c1-14(2)16(15(3)12-13-19(7,8)9)18-20(10,11)17(4,5)6/h14-16H,1-11H3/t15-,16+/m1/s1. The van der Waals surface area contributed by atoms with Crippen LogP contribution in [-0.4, -0.2) is 22.5 Å². The van der Waals surface area contributed by atoms with Crippen LogP contribution >= 0.6 is 0 Å². The lowest BCUT2D eigenvalue weighted by Gasteiger charge is -2.41. The molecule has 2 atom stereocenters. The van der Waals surface area contributed by atoms with Gasteiger partial charge in [-0.15, -0.1) is 11.5 Å². The van der Waals surface area contributed by atoms with E-state index in [2.05, 4.69) is 85.7 Å². The van der Waals surface area contributed by atoms with Gasteiger partial charge in [0.1, 0.15) is 8.07 Å². The molecule has 0 aromatic heterocycles. The van der Waals surface area contributed by atoms with Crippen molar-refractivity contribution < 1.29 is 4.43 Å². The predicted octanol–water partition coefficient (Wildman–Crippen LogP) is 5.55. The van der Waals surface area contributed by atoms with Crippen molar-refractivity contribution in [1.29, 1.82) is 0 Å². The van der Waals surface area contributed by atoms with Crippen LogP contribution in [0.1, 0.15) is 41.5 Å². The molecule has 0 radical (unpaired) electrons. The molecule has 0 heterocycles. The molecule has 0 N–H and O–H groups in total. The maximum absolute atomic E-state index is 6.64. The zero-order valence-electron chi connectivity index (χ0n) is 15.6. The molecule has 0 amide bonds. The van der Waals surface area contributed by atoms with Crippen LogP contribution in [0.5, 0.6) is 0 Å². The summed E-state index contributed by atoms with van der Waals surface area (Å²) in [7, 11) is -3.03. The monoisotopic (exact) mass is 312 g/mol. The van der Waals surface area contributed by atoms with Crippen LogP contribution in [0.2, 0.25) is 37.8 Å². The highest BCUT2D eigenvalue weighted by Crippen LogP contribution is 2.39. The van der Waals surface area contributed by atoms with Gasteiger partial charge in [-0.2, -0.15) is 0 Å². The first kappa shape index (κ1) is 20.0. The first-order chi connectivity index (χ1) is 8.67. The van der Waals surface area contributed by atoms with Gasteiger partial charge < -0.3 is 4.43 Å². The van der Waals surface area contributed by atoms with Gasteiger partial charge in [0, 0.05) is 5.92 Å². The van der Waals surface area contributed by atoms with Crippen LogP contribution in [0.4, 0.5) is 0 Å². The van der Waals surface area contributed by atoms with E-state index in [0.29, 0.717) is 11.8 Å². The van der Waals surface area contributed by atoms with E-state index in [-0.39, 0.29) is 11.1 Å². The summed E-state index contributed by atoms with van der Waals surface area (Å²) in [5, 5.41) is 0.256. The van der Waals surface area contributed by atoms with Crippen LogP contribution in [0.25, 0.3) is 0 Å². The number of rotatable bonds is 4. The SMILES string of the molecule is CC(C)[C@H](O[Si](C)(C)C(C)(C)C)[C@H](C)C#C[Si](C)(C)C. The van der Waals surface area contributed by atoms with Crippen molar-refractivity contribution in [3.05, 3.63) is 0 Å². The van der Waals surface area contributed by atoms with Crippen LogP contribution in [0.3, 0.4) is 0 Å². The molecule has 0 aliphatic heterocycles. The third kappa shape index (κ3) is 6.60. The molecule has 0 bridgehead atoms. The quantitative estimate of drug-likeness (QED) is 0.488. The van der Waals surface area contributed by atoms with E-state index in [0.717, 1.165) is 0 Å². The Morgan fingerprint density at radius 3 is 1.65 bits per heavy atom. The minimum absolute atomic E-state index is 0.250. The van der Waals surface area contributed by atoms with Gasteiger partial charge in [-0.3, -0.25) is 0 Å². The molecule has 0 aromatic rings. The summed E-state index contributed by atoms with van der Waals surface area (Å²) in [5.41, 5.74) is 3.51. The smallest absolute Gasteiger partial charge is 0.192 e. The van der Waals surface area contributed by atoms with Crippen LogP contribution in [0.15, 0.2) is 0 Å². The first-order valence-corrected chi connectivity index (χ1v) is 14.3. The summed E-state index contributed by atoms with van der Waals surface area (Å²) < 4.78 is 6.64. The fraction of sp³-hybridized carbons (Fsp3) is 0.882. The molecular weight excluding hydrogens is 276 g/mol. The molecule has 0 aliphatic rings. The molecule has 0 unspecified atom stereocenters. The van der Waals surface area contributed by atoms with Crippen molar-refractivity contribution >= 4 is 16.4 Å². The summed E-state index contributed by atoms with van der Waals surface area (Å²) >= 11 is 0. The zero-order chi connectivity index (χ0) is 16.4. The molecule has 0 aliphatic carbocycles. The highest BCUT2D eigenvalue weighted by atomic mass is 28.4. The van der Waals surface area contributed by atoms with Gasteiger partial charge >= 0.3 is 0 Å². The number of hydrogen-bond acceptors (Lipinski definition) is 1. The van der Waals surface area contributed by atoms with Gasteiger partial charge in [0.25, 0.3) is 0 Å². The minimum Gasteiger partial charge on any atom is -0.412 e. The average Bonchev–Trinajstić information content (AvgIpc) is 2.19. The predicted molar refractivity (Wildman–Crippen MR) is 97.2 cm³/mol. The molecular formula is C17H36OSi2. The third-order valence-corrected chi connectivity index (χ3v) is 9.43. The largest absolute Gasteiger partial charge is 0.412 e. The lowest BCUT2D eigenvalue weighted by atomic mass is 9.96. The lowest BCUT2D eigenvalue weighted by molar-refractivity contribution is 0.104. The maximum Gasteiger partial charge on any atom is 0.192 e. The molecule has 0 fully saturated rings. The van der Waals surface area contributed by atoms with Crippen LogP contribution in [0, 0.1) is 23.3 Å². The second-order valence-corrected chi connectivity index (χ2v) is 18.4. The van der Waals surface area contributed by atoms with Crippen molar-refractivity contribution in [3.8, 4) is 11.5 Å². The van der Waals surface area contributed by atoms with E-state index in [1.807, 2.05) is 0 Å². The fourth-order valence-electron chi connectivity index (χ4n) is 1.74. The molecule has 0 saturated carbocycles. The third-order valence-electron chi connectivity index (χ3n) is 4.06. The molecule has 118 valence electrons. The zero-order valence-corrected chi connectivity index (χ0v) is 17.6. The minimum atomic E-state index is -1.72. The Labute approximate surface area is 130 Å². The van der Waals surface area contributed by atoms with E-state index in [9.17, 15) is 0 Å². The highest BCUT2D eigenvalue weighted by molar-refractivity contribution is 6.83. The topological polar surface area (TPSA) is 9.23 Å². The molecule has 1 nitrogen and oxygen atoms in total. The lowest BCUT2D eigenvalue weighted by Crippen LogP contribution is -2.46. The Bertz CT molecular complexity index is 361. The van der Waals surface area contributed by atoms with E-state index < -0.39 is 16.4 Å². The number of hydrogen-bond donors (Lipinski definition) is 0. The van der Waals surface area contributed by atoms with E-state index in [1.165, 1.54) is 0 Å². The molecule has 3 heteroatoms. The maximum atomic E-state index is 6.64. The van der Waals surface area contributed by atoms with Crippen molar-refractivity contribution in [2.75, 3.05) is 0 Å². The molecule has 0 rings (SSSR count). The van der Waals surface area contributed by atoms with Crippen molar-refractivity contribution in [2.45, 2.75) is 85.4 Å². The molecule has 0 spiro atoms. The summed E-state index contributed by atoms with van der Waals surface area (Å²) in [6.07, 6.45) is 0.250. The molecule has 0 aromatic carbocycles. The average molecular weight is 313 g/mol. The van der Waals surface area contributed by atoms with Gasteiger partial charge in [0.05, 0.1) is 6.10 Å². The van der Waals surface area contributed by atoms with E-state index >= 15 is 0 Å². The van der Waals surface area contributed by atoms with Gasteiger partial charge in [-0.05, 0) is 31.0 Å². The van der Waals surface area contributed by atoms with Gasteiger partial charge in [-0.1, -0.05) is 54.3 Å². The van der Waals surface area contributed by atoms with Gasteiger partial charge in [-0.25, -0.2) is 0 Å². The van der Waals surface area contributed by atoms with Crippen LogP contribution < -0.4 is 0 Å². The summed E-state index contributed by atoms with van der Waals surface area (Å²) in [4.78, 5) is 0. The van der Waals surface area contributed by atoms with Crippen molar-refractivity contribution in [1.82, 2.24) is 0 Å². The second kappa shape index (κ2) is 6.81. The normalized spacial score (nSPS) is 16.6. The Hall–Kier alpha value is -0.0462. The summed E-state index contributed by atoms with van der Waals surface area (Å²) in [5.74, 6) is 4.31. The highest BCUT2D eigenvalue weighted by Gasteiger charge is 2.40. The fourth-order valence-corrected chi connectivity index (χ4v) is 3.92. The van der Waals surface area contributed by atoms with E-state index in [4.69, 9.17) is 4.43 Å². The molecule has 20 heavy (non-hydrogen) atoms. The van der Waals surface area contributed by atoms with Gasteiger partial charge in [0.2, 0.25) is 0 Å². The van der Waals surface area contributed by atoms with Crippen LogP contribution in [-0.2, 0) is 4.43 Å². The van der Waals surface area contributed by atoms with Crippen molar-refractivity contribution in [3.63, 3.8) is 0 Å². The Morgan fingerprint density at radius 2 is 1.35 bits per heavy atom. The Kier molecular flexibility index (Phi) is 6.79. The molecule has 0 saturated heterocycles. The first-order valence-electron chi connectivity index (χ1n) is 7.88. The summed E-state index contributed by atoms with van der Waals surface area (Å²) in [6.45, 7) is 25.2. The van der Waals surface area contributed by atoms with Gasteiger partial charge in [0.15, 0.2) is 8.32 Å². The second-order valence-electron chi connectivity index (χ2n) is 8.89. The Balaban J connectivity index is 5.13. The van der Waals surface area contributed by atoms with E-state index in [1.54, 1.807) is 0 Å². The summed E-state index contributed by atoms with van der Waals surface area (Å²) in [6, 6.07) is 0. The Morgan fingerprint density at radius 1 is 0.900 bits per heavy atom. The van der Waals surface area contributed by atoms with Crippen molar-refractivity contribution in [2.24, 2.45) is 11.8 Å².